The number of aromatic nitrogens is 3. The normalized spacial score (nSPS) is 17.1. The van der Waals surface area contributed by atoms with Crippen LogP contribution in [0, 0.1) is 6.92 Å². The zero-order valence-corrected chi connectivity index (χ0v) is 19.4. The van der Waals surface area contributed by atoms with Gasteiger partial charge in [-0.15, -0.1) is 0 Å². The molecule has 10 nitrogen and oxygen atoms in total. The molecule has 0 spiro atoms. The molecule has 1 aliphatic rings. The van der Waals surface area contributed by atoms with E-state index in [0.717, 1.165) is 6.26 Å². The van der Waals surface area contributed by atoms with Crippen LogP contribution in [0.25, 0.3) is 11.4 Å². The smallest absolute Gasteiger partial charge is 0.269 e. The van der Waals surface area contributed by atoms with Crippen LogP contribution in [0.5, 0.6) is 0 Å². The van der Waals surface area contributed by atoms with Crippen molar-refractivity contribution in [2.45, 2.75) is 13.0 Å². The topological polar surface area (TPSA) is 125 Å². The maximum atomic E-state index is 12.5. The SMILES string of the molecule is C=CC(=O)N1CCN(S(C)(=O)=O)[C@@H](c2cc(-c3cc(C(=O)NC)ncn3)nc(Cl)c2C)C1. The fraction of sp³-hybridized carbons (Fsp3) is 0.350. The molecule has 1 saturated heterocycles. The Morgan fingerprint density at radius 1 is 1.25 bits per heavy atom. The first-order valence-electron chi connectivity index (χ1n) is 9.66. The fourth-order valence-electron chi connectivity index (χ4n) is 3.57. The highest BCUT2D eigenvalue weighted by Crippen LogP contribution is 2.34. The lowest BCUT2D eigenvalue weighted by Gasteiger charge is -2.40. The van der Waals surface area contributed by atoms with E-state index in [9.17, 15) is 18.0 Å². The summed E-state index contributed by atoms with van der Waals surface area (Å²) in [6, 6.07) is 2.48. The molecule has 1 fully saturated rings. The van der Waals surface area contributed by atoms with Gasteiger partial charge in [0.05, 0.1) is 23.7 Å². The Labute approximate surface area is 191 Å². The Bertz CT molecular complexity index is 1190. The second kappa shape index (κ2) is 9.31. The highest BCUT2D eigenvalue weighted by atomic mass is 35.5. The predicted molar refractivity (Wildman–Crippen MR) is 119 cm³/mol. The summed E-state index contributed by atoms with van der Waals surface area (Å²) in [5, 5.41) is 2.66. The Hall–Kier alpha value is -2.89. The Morgan fingerprint density at radius 3 is 2.59 bits per heavy atom. The van der Waals surface area contributed by atoms with Crippen molar-refractivity contribution < 1.29 is 18.0 Å². The summed E-state index contributed by atoms with van der Waals surface area (Å²) in [5.74, 6) is -0.673. The van der Waals surface area contributed by atoms with Gasteiger partial charge in [-0.3, -0.25) is 9.59 Å². The lowest BCUT2D eigenvalue weighted by Crippen LogP contribution is -2.51. The molecule has 2 aromatic heterocycles. The second-order valence-electron chi connectivity index (χ2n) is 7.26. The molecule has 3 rings (SSSR count). The lowest BCUT2D eigenvalue weighted by atomic mass is 9.99. The van der Waals surface area contributed by atoms with Crippen LogP contribution in [0.15, 0.2) is 31.1 Å². The van der Waals surface area contributed by atoms with Crippen LogP contribution in [0.3, 0.4) is 0 Å². The van der Waals surface area contributed by atoms with Crippen molar-refractivity contribution in [3.8, 4) is 11.4 Å². The molecule has 1 atom stereocenters. The van der Waals surface area contributed by atoms with Crippen molar-refractivity contribution in [2.24, 2.45) is 0 Å². The van der Waals surface area contributed by atoms with Crippen molar-refractivity contribution in [1.29, 1.82) is 0 Å². The van der Waals surface area contributed by atoms with Crippen LogP contribution in [-0.2, 0) is 14.8 Å². The van der Waals surface area contributed by atoms with Crippen molar-refractivity contribution in [3.63, 3.8) is 0 Å². The highest BCUT2D eigenvalue weighted by Gasteiger charge is 2.36. The first kappa shape index (κ1) is 23.8. The molecular formula is C20H23ClN6O4S. The monoisotopic (exact) mass is 478 g/mol. The first-order chi connectivity index (χ1) is 15.1. The minimum atomic E-state index is -3.58. The molecule has 0 aliphatic carbocycles. The lowest BCUT2D eigenvalue weighted by molar-refractivity contribution is -0.128. The van der Waals surface area contributed by atoms with Gasteiger partial charge in [0.2, 0.25) is 15.9 Å². The molecule has 32 heavy (non-hydrogen) atoms. The number of sulfonamides is 1. The number of amides is 2. The average Bonchev–Trinajstić information content (AvgIpc) is 2.78. The maximum Gasteiger partial charge on any atom is 0.269 e. The van der Waals surface area contributed by atoms with Crippen LogP contribution < -0.4 is 5.32 Å². The molecule has 2 amide bonds. The van der Waals surface area contributed by atoms with Gasteiger partial charge in [0.1, 0.15) is 17.2 Å². The molecule has 1 N–H and O–H groups in total. The second-order valence-corrected chi connectivity index (χ2v) is 9.55. The van der Waals surface area contributed by atoms with E-state index in [1.165, 1.54) is 29.8 Å². The molecule has 0 bridgehead atoms. The summed E-state index contributed by atoms with van der Waals surface area (Å²) in [6.07, 6.45) is 3.57. The van der Waals surface area contributed by atoms with Gasteiger partial charge in [0.25, 0.3) is 5.91 Å². The molecule has 0 saturated carbocycles. The molecule has 0 aromatic carbocycles. The van der Waals surface area contributed by atoms with E-state index < -0.39 is 16.1 Å². The fourth-order valence-corrected chi connectivity index (χ4v) is 4.83. The molecule has 12 heteroatoms. The van der Waals surface area contributed by atoms with Crippen molar-refractivity contribution in [1.82, 2.24) is 29.5 Å². The standard InChI is InChI=1S/C20H23ClN6O4S/c1-5-18(28)26-6-7-27(32(4,30)31)17(10-26)13-8-15(25-19(21)12(13)2)14-9-16(20(29)22-3)24-11-23-14/h5,8-9,11,17H,1,6-7,10H2,2-4H3,(H,22,29)/t17-/m1/s1. The van der Waals surface area contributed by atoms with Gasteiger partial charge in [-0.05, 0) is 36.3 Å². The molecular weight excluding hydrogens is 456 g/mol. The van der Waals surface area contributed by atoms with Crippen molar-refractivity contribution >= 4 is 33.4 Å². The van der Waals surface area contributed by atoms with E-state index in [1.807, 2.05) is 0 Å². The first-order valence-corrected chi connectivity index (χ1v) is 11.9. The number of piperazine rings is 1. The van der Waals surface area contributed by atoms with Gasteiger partial charge < -0.3 is 10.2 Å². The van der Waals surface area contributed by atoms with Crippen LogP contribution in [0.2, 0.25) is 5.15 Å². The van der Waals surface area contributed by atoms with E-state index in [4.69, 9.17) is 11.6 Å². The average molecular weight is 479 g/mol. The van der Waals surface area contributed by atoms with Crippen LogP contribution >= 0.6 is 11.6 Å². The number of pyridine rings is 1. The number of nitrogens with one attached hydrogen (secondary N) is 1. The predicted octanol–water partition coefficient (Wildman–Crippen LogP) is 1.19. The highest BCUT2D eigenvalue weighted by molar-refractivity contribution is 7.88. The summed E-state index contributed by atoms with van der Waals surface area (Å²) in [7, 11) is -2.09. The number of carbonyl (C=O) groups excluding carboxylic acids is 2. The third-order valence-electron chi connectivity index (χ3n) is 5.25. The number of halogens is 1. The van der Waals surface area contributed by atoms with Gasteiger partial charge in [0, 0.05) is 26.7 Å². The third kappa shape index (κ3) is 4.79. The van der Waals surface area contributed by atoms with Crippen molar-refractivity contribution in [3.05, 3.63) is 53.1 Å². The summed E-state index contributed by atoms with van der Waals surface area (Å²) >= 11 is 6.41. The number of hydrogen-bond donors (Lipinski definition) is 1. The van der Waals surface area contributed by atoms with E-state index in [2.05, 4.69) is 26.8 Å². The van der Waals surface area contributed by atoms with E-state index in [1.54, 1.807) is 17.9 Å². The molecule has 170 valence electrons. The molecule has 2 aromatic rings. The quantitative estimate of drug-likeness (QED) is 0.505. The number of rotatable bonds is 5. The van der Waals surface area contributed by atoms with Gasteiger partial charge in [-0.1, -0.05) is 18.2 Å². The van der Waals surface area contributed by atoms with Crippen LogP contribution in [-0.4, -0.2) is 77.3 Å². The Morgan fingerprint density at radius 2 is 1.97 bits per heavy atom. The van der Waals surface area contributed by atoms with Gasteiger partial charge in [-0.25, -0.2) is 23.4 Å². The van der Waals surface area contributed by atoms with E-state index in [0.29, 0.717) is 22.5 Å². The summed E-state index contributed by atoms with van der Waals surface area (Å²) < 4.78 is 26.4. The molecule has 3 heterocycles. The minimum Gasteiger partial charge on any atom is -0.354 e. The van der Waals surface area contributed by atoms with Gasteiger partial charge >= 0.3 is 0 Å². The minimum absolute atomic E-state index is 0.131. The molecule has 1 aliphatic heterocycles. The number of hydrogen-bond acceptors (Lipinski definition) is 7. The van der Waals surface area contributed by atoms with Gasteiger partial charge in [0.15, 0.2) is 0 Å². The van der Waals surface area contributed by atoms with Crippen molar-refractivity contribution in [2.75, 3.05) is 32.9 Å². The maximum absolute atomic E-state index is 12.5. The van der Waals surface area contributed by atoms with Crippen LogP contribution in [0.1, 0.15) is 27.7 Å². The Balaban J connectivity index is 2.13. The summed E-state index contributed by atoms with van der Waals surface area (Å²) in [6.45, 7) is 5.76. The molecule has 0 radical (unpaired) electrons. The Kier molecular flexibility index (Phi) is 6.91. The van der Waals surface area contributed by atoms with Gasteiger partial charge in [-0.2, -0.15) is 4.31 Å². The van der Waals surface area contributed by atoms with Crippen LogP contribution in [0.4, 0.5) is 0 Å². The molecule has 0 unspecified atom stereocenters. The number of nitrogens with zero attached hydrogens (tertiary/aromatic N) is 5. The summed E-state index contributed by atoms with van der Waals surface area (Å²) in [5.41, 5.74) is 2.02. The zero-order valence-electron chi connectivity index (χ0n) is 17.9. The largest absolute Gasteiger partial charge is 0.354 e. The number of carbonyl (C=O) groups is 2. The van der Waals surface area contributed by atoms with E-state index >= 15 is 0 Å². The third-order valence-corrected chi connectivity index (χ3v) is 6.90. The summed E-state index contributed by atoms with van der Waals surface area (Å²) in [4.78, 5) is 38.2. The van der Waals surface area contributed by atoms with E-state index in [-0.39, 0.29) is 42.3 Å². The zero-order chi connectivity index (χ0) is 23.6.